The first-order chi connectivity index (χ1) is 11.7. The summed E-state index contributed by atoms with van der Waals surface area (Å²) in [5, 5.41) is 0. The van der Waals surface area contributed by atoms with Crippen LogP contribution in [0.4, 0.5) is 0 Å². The van der Waals surface area contributed by atoms with Gasteiger partial charge >= 0.3 is 8.60 Å². The molecule has 1 heterocycles. The summed E-state index contributed by atoms with van der Waals surface area (Å²) < 4.78 is 18.9. The van der Waals surface area contributed by atoms with Gasteiger partial charge in [0.1, 0.15) is 24.7 Å². The van der Waals surface area contributed by atoms with Gasteiger partial charge in [0.05, 0.1) is 20.1 Å². The van der Waals surface area contributed by atoms with Gasteiger partial charge in [0.15, 0.2) is 0 Å². The summed E-state index contributed by atoms with van der Waals surface area (Å²) >= 11 is 0. The van der Waals surface area contributed by atoms with Crippen molar-refractivity contribution < 1.29 is 18.1 Å². The average Bonchev–Trinajstić information content (AvgIpc) is 3.03. The molecule has 0 unspecified atom stereocenters. The molecule has 2 aromatic rings. The van der Waals surface area contributed by atoms with Crippen LogP contribution in [0.25, 0.3) is 0 Å². The molecule has 24 heavy (non-hydrogen) atoms. The Balaban J connectivity index is 1.58. The van der Waals surface area contributed by atoms with E-state index in [1.807, 2.05) is 60.7 Å². The van der Waals surface area contributed by atoms with E-state index in [9.17, 15) is 0 Å². The molecular formula is C19H25NO3P+. The van der Waals surface area contributed by atoms with E-state index in [1.165, 1.54) is 25.9 Å². The molecule has 1 fully saturated rings. The van der Waals surface area contributed by atoms with E-state index in [0.29, 0.717) is 6.61 Å². The minimum absolute atomic E-state index is 0.641. The van der Waals surface area contributed by atoms with Crippen molar-refractivity contribution in [3.8, 4) is 11.5 Å². The summed E-state index contributed by atoms with van der Waals surface area (Å²) in [4.78, 5) is 0. The first kappa shape index (κ1) is 17.2. The van der Waals surface area contributed by atoms with Crippen molar-refractivity contribution in [2.75, 3.05) is 33.3 Å². The molecule has 0 N–H and O–H groups in total. The Hall–Kier alpha value is -1.61. The highest BCUT2D eigenvalue weighted by Gasteiger charge is 2.27. The summed E-state index contributed by atoms with van der Waals surface area (Å²) in [7, 11) is 0.834. The third-order valence-electron chi connectivity index (χ3n) is 4.32. The van der Waals surface area contributed by atoms with Gasteiger partial charge in [-0.15, -0.1) is 0 Å². The van der Waals surface area contributed by atoms with Crippen LogP contribution in [0.15, 0.2) is 60.7 Å². The van der Waals surface area contributed by atoms with Crippen LogP contribution in [0, 0.1) is 0 Å². The van der Waals surface area contributed by atoms with Gasteiger partial charge in [0, 0.05) is 12.8 Å². The van der Waals surface area contributed by atoms with Crippen LogP contribution < -0.4 is 9.05 Å². The summed E-state index contributed by atoms with van der Waals surface area (Å²) in [6.45, 7) is 4.11. The molecule has 2 aromatic carbocycles. The summed E-state index contributed by atoms with van der Waals surface area (Å²) in [6.07, 6.45) is 2.62. The van der Waals surface area contributed by atoms with Gasteiger partial charge in [-0.25, -0.2) is 0 Å². The summed E-state index contributed by atoms with van der Waals surface area (Å²) in [5.74, 6) is 1.53. The van der Waals surface area contributed by atoms with E-state index in [-0.39, 0.29) is 0 Å². The van der Waals surface area contributed by atoms with Gasteiger partial charge in [0.25, 0.3) is 0 Å². The van der Waals surface area contributed by atoms with Crippen molar-refractivity contribution in [2.24, 2.45) is 0 Å². The Morgan fingerprint density at radius 1 is 0.833 bits per heavy atom. The topological polar surface area (TPSA) is 27.7 Å². The highest BCUT2D eigenvalue weighted by Crippen LogP contribution is 2.41. The molecule has 5 heteroatoms. The van der Waals surface area contributed by atoms with Crippen LogP contribution >= 0.6 is 8.60 Å². The van der Waals surface area contributed by atoms with Gasteiger partial charge in [-0.3, -0.25) is 4.52 Å². The molecular weight excluding hydrogens is 321 g/mol. The summed E-state index contributed by atoms with van der Waals surface area (Å²) in [6, 6.07) is 19.4. The number of hydrogen-bond donors (Lipinski definition) is 0. The Kier molecular flexibility index (Phi) is 6.08. The van der Waals surface area contributed by atoms with Gasteiger partial charge in [-0.05, 0) is 24.3 Å². The number of likely N-dealkylation sites (tertiary alicyclic amines) is 1. The number of benzene rings is 2. The van der Waals surface area contributed by atoms with Crippen LogP contribution in [-0.4, -0.2) is 37.8 Å². The van der Waals surface area contributed by atoms with E-state index < -0.39 is 8.60 Å². The van der Waals surface area contributed by atoms with E-state index in [1.54, 1.807) is 0 Å². The lowest BCUT2D eigenvalue weighted by molar-refractivity contribution is -0.897. The van der Waals surface area contributed by atoms with E-state index >= 15 is 0 Å². The molecule has 0 amide bonds. The van der Waals surface area contributed by atoms with Gasteiger partial charge in [0.2, 0.25) is 0 Å². The Bertz CT molecular complexity index is 561. The van der Waals surface area contributed by atoms with E-state index in [2.05, 4.69) is 7.05 Å². The molecule has 0 radical (unpaired) electrons. The molecule has 0 saturated carbocycles. The SMILES string of the molecule is C[N+]1(CCOP(Oc2ccccc2)Oc2ccccc2)CCCC1. The molecule has 4 nitrogen and oxygen atoms in total. The molecule has 0 spiro atoms. The second-order valence-corrected chi connectivity index (χ2v) is 7.43. The largest absolute Gasteiger partial charge is 0.463 e. The van der Waals surface area contributed by atoms with E-state index in [4.69, 9.17) is 13.6 Å². The molecule has 0 bridgehead atoms. The van der Waals surface area contributed by atoms with Crippen molar-refractivity contribution in [3.05, 3.63) is 60.7 Å². The van der Waals surface area contributed by atoms with Crippen LogP contribution in [0.5, 0.6) is 11.5 Å². The number of nitrogens with zero attached hydrogens (tertiary/aromatic N) is 1. The Morgan fingerprint density at radius 2 is 1.33 bits per heavy atom. The second-order valence-electron chi connectivity index (χ2n) is 6.36. The second kappa shape index (κ2) is 8.48. The number of para-hydroxylation sites is 2. The fourth-order valence-corrected chi connectivity index (χ4v) is 3.83. The third kappa shape index (κ3) is 5.20. The summed E-state index contributed by atoms with van der Waals surface area (Å²) in [5.41, 5.74) is 0. The third-order valence-corrected chi connectivity index (χ3v) is 5.43. The lowest BCUT2D eigenvalue weighted by Gasteiger charge is -2.29. The van der Waals surface area contributed by atoms with Crippen LogP contribution in [0.1, 0.15) is 12.8 Å². The van der Waals surface area contributed by atoms with Gasteiger partial charge in [-0.2, -0.15) is 0 Å². The predicted molar refractivity (Wildman–Crippen MR) is 97.0 cm³/mol. The average molecular weight is 346 g/mol. The lowest BCUT2D eigenvalue weighted by atomic mass is 10.3. The minimum atomic E-state index is -1.47. The molecule has 0 atom stereocenters. The lowest BCUT2D eigenvalue weighted by Crippen LogP contribution is -2.43. The standard InChI is InChI=1S/C19H25NO3P/c1-20(14-8-9-15-20)16-17-21-24(22-18-10-4-2-5-11-18)23-19-12-6-3-7-13-19/h2-7,10-13H,8-9,14-17H2,1H3/q+1. The molecule has 0 aromatic heterocycles. The molecule has 1 aliphatic rings. The highest BCUT2D eigenvalue weighted by atomic mass is 31.2. The molecule has 0 aliphatic carbocycles. The normalized spacial score (nSPS) is 16.2. The highest BCUT2D eigenvalue weighted by molar-refractivity contribution is 7.42. The molecule has 128 valence electrons. The first-order valence-electron chi connectivity index (χ1n) is 8.46. The van der Waals surface area contributed by atoms with Crippen LogP contribution in [0.2, 0.25) is 0 Å². The predicted octanol–water partition coefficient (Wildman–Crippen LogP) is 4.63. The number of hydrogen-bond acceptors (Lipinski definition) is 3. The van der Waals surface area contributed by atoms with Gasteiger partial charge in [-0.1, -0.05) is 36.4 Å². The maximum Gasteiger partial charge on any atom is 0.463 e. The smallest absolute Gasteiger partial charge is 0.418 e. The molecule has 1 saturated heterocycles. The maximum absolute atomic E-state index is 5.98. The number of rotatable bonds is 8. The molecule has 3 rings (SSSR count). The number of likely N-dealkylation sites (N-methyl/N-ethyl adjacent to an activating group) is 1. The van der Waals surface area contributed by atoms with Crippen molar-refractivity contribution in [1.29, 1.82) is 0 Å². The fraction of sp³-hybridized carbons (Fsp3) is 0.368. The number of quaternary nitrogens is 1. The zero-order valence-corrected chi connectivity index (χ0v) is 15.0. The minimum Gasteiger partial charge on any atom is -0.418 e. The zero-order valence-electron chi connectivity index (χ0n) is 14.1. The Labute approximate surface area is 145 Å². The Morgan fingerprint density at radius 3 is 1.83 bits per heavy atom. The first-order valence-corrected chi connectivity index (χ1v) is 9.56. The van der Waals surface area contributed by atoms with Gasteiger partial charge < -0.3 is 13.5 Å². The van der Waals surface area contributed by atoms with Crippen molar-refractivity contribution >= 4 is 8.60 Å². The van der Waals surface area contributed by atoms with Crippen molar-refractivity contribution in [2.45, 2.75) is 12.8 Å². The monoisotopic (exact) mass is 346 g/mol. The van der Waals surface area contributed by atoms with E-state index in [0.717, 1.165) is 22.5 Å². The van der Waals surface area contributed by atoms with Crippen molar-refractivity contribution in [1.82, 2.24) is 0 Å². The molecule has 1 aliphatic heterocycles. The fourth-order valence-electron chi connectivity index (χ4n) is 2.86. The van der Waals surface area contributed by atoms with Crippen molar-refractivity contribution in [3.63, 3.8) is 0 Å². The maximum atomic E-state index is 5.98. The zero-order chi connectivity index (χ0) is 16.7. The quantitative estimate of drug-likeness (QED) is 0.515. The van der Waals surface area contributed by atoms with Crippen LogP contribution in [0.3, 0.4) is 0 Å². The van der Waals surface area contributed by atoms with Crippen LogP contribution in [-0.2, 0) is 4.52 Å².